The third kappa shape index (κ3) is 4.18. The van der Waals surface area contributed by atoms with Crippen molar-refractivity contribution in [2.75, 3.05) is 19.8 Å². The Hall–Kier alpha value is -0.640. The molecule has 0 amide bonds. The second-order valence-electron chi connectivity index (χ2n) is 6.06. The molecule has 1 N–H and O–H groups in total. The van der Waals surface area contributed by atoms with Crippen LogP contribution in [0.15, 0.2) is 18.2 Å². The van der Waals surface area contributed by atoms with Gasteiger partial charge in [-0.05, 0) is 42.4 Å². The molecular weight excluding hydrogens is 277 g/mol. The molecule has 2 nitrogen and oxygen atoms in total. The molecule has 2 rings (SSSR count). The summed E-state index contributed by atoms with van der Waals surface area (Å²) in [6.07, 6.45) is 2.67. The maximum atomic E-state index is 14.0. The van der Waals surface area contributed by atoms with Crippen LogP contribution >= 0.6 is 11.6 Å². The molecule has 0 radical (unpaired) electrons. The average molecular weight is 300 g/mol. The summed E-state index contributed by atoms with van der Waals surface area (Å²) in [5, 5.41) is 3.95. The van der Waals surface area contributed by atoms with Crippen molar-refractivity contribution in [3.63, 3.8) is 0 Å². The molecule has 1 aromatic rings. The minimum absolute atomic E-state index is 0.0805. The Balaban J connectivity index is 2.14. The Kier molecular flexibility index (Phi) is 5.42. The largest absolute Gasteiger partial charge is 0.381 e. The van der Waals surface area contributed by atoms with Gasteiger partial charge in [0.1, 0.15) is 5.82 Å². The highest BCUT2D eigenvalue weighted by atomic mass is 35.5. The van der Waals surface area contributed by atoms with Gasteiger partial charge in [-0.1, -0.05) is 31.5 Å². The molecule has 0 aromatic heterocycles. The summed E-state index contributed by atoms with van der Waals surface area (Å²) in [7, 11) is 0. The van der Waals surface area contributed by atoms with Crippen LogP contribution in [0.4, 0.5) is 4.39 Å². The van der Waals surface area contributed by atoms with Gasteiger partial charge in [-0.3, -0.25) is 0 Å². The molecule has 0 spiro atoms. The first-order valence-electron chi connectivity index (χ1n) is 7.26. The molecule has 1 saturated heterocycles. The SMILES string of the molecule is CC(C)NCC1(Cc2ccc(Cl)cc2F)CCOCC1. The van der Waals surface area contributed by atoms with Crippen molar-refractivity contribution in [3.8, 4) is 0 Å². The summed E-state index contributed by atoms with van der Waals surface area (Å²) in [4.78, 5) is 0. The fourth-order valence-corrected chi connectivity index (χ4v) is 2.87. The third-order valence-electron chi connectivity index (χ3n) is 4.02. The standard InChI is InChI=1S/C16H23ClFNO/c1-12(2)19-11-16(5-7-20-8-6-16)10-13-3-4-14(17)9-15(13)18/h3-4,9,12,19H,5-8,10-11H2,1-2H3. The van der Waals surface area contributed by atoms with Crippen molar-refractivity contribution < 1.29 is 9.13 Å². The minimum atomic E-state index is -0.201. The van der Waals surface area contributed by atoms with Gasteiger partial charge in [-0.2, -0.15) is 0 Å². The molecular formula is C16H23ClFNO. The van der Waals surface area contributed by atoms with E-state index in [9.17, 15) is 4.39 Å². The van der Waals surface area contributed by atoms with Crippen molar-refractivity contribution in [3.05, 3.63) is 34.6 Å². The molecule has 1 aliphatic rings. The van der Waals surface area contributed by atoms with Crippen molar-refractivity contribution in [1.29, 1.82) is 0 Å². The summed E-state index contributed by atoms with van der Waals surface area (Å²) in [5.41, 5.74) is 0.832. The predicted octanol–water partition coefficient (Wildman–Crippen LogP) is 3.82. The smallest absolute Gasteiger partial charge is 0.127 e. The normalized spacial score (nSPS) is 18.4. The van der Waals surface area contributed by atoms with Gasteiger partial charge in [-0.25, -0.2) is 4.39 Å². The van der Waals surface area contributed by atoms with E-state index < -0.39 is 0 Å². The van der Waals surface area contributed by atoms with Crippen LogP contribution in [-0.2, 0) is 11.2 Å². The fourth-order valence-electron chi connectivity index (χ4n) is 2.71. The van der Waals surface area contributed by atoms with Crippen LogP contribution in [0.25, 0.3) is 0 Å². The molecule has 112 valence electrons. The lowest BCUT2D eigenvalue weighted by atomic mass is 9.75. The van der Waals surface area contributed by atoms with Gasteiger partial charge in [0.25, 0.3) is 0 Å². The summed E-state index contributed by atoms with van der Waals surface area (Å²) >= 11 is 5.82. The molecule has 20 heavy (non-hydrogen) atoms. The highest BCUT2D eigenvalue weighted by Gasteiger charge is 2.33. The van der Waals surface area contributed by atoms with E-state index in [1.165, 1.54) is 6.07 Å². The molecule has 0 saturated carbocycles. The number of ether oxygens (including phenoxy) is 1. The van der Waals surface area contributed by atoms with E-state index in [0.29, 0.717) is 11.1 Å². The van der Waals surface area contributed by atoms with Gasteiger partial charge in [0, 0.05) is 30.8 Å². The van der Waals surface area contributed by atoms with E-state index in [0.717, 1.165) is 44.6 Å². The van der Waals surface area contributed by atoms with Gasteiger partial charge in [-0.15, -0.1) is 0 Å². The monoisotopic (exact) mass is 299 g/mol. The molecule has 0 aliphatic carbocycles. The number of hydrogen-bond acceptors (Lipinski definition) is 2. The van der Waals surface area contributed by atoms with Crippen LogP contribution in [-0.4, -0.2) is 25.8 Å². The van der Waals surface area contributed by atoms with Crippen LogP contribution in [0.5, 0.6) is 0 Å². The number of nitrogens with one attached hydrogen (secondary N) is 1. The van der Waals surface area contributed by atoms with Crippen LogP contribution in [0.3, 0.4) is 0 Å². The topological polar surface area (TPSA) is 21.3 Å². The zero-order valence-corrected chi connectivity index (χ0v) is 13.0. The summed E-state index contributed by atoms with van der Waals surface area (Å²) in [5.74, 6) is -0.201. The predicted molar refractivity (Wildman–Crippen MR) is 80.7 cm³/mol. The maximum Gasteiger partial charge on any atom is 0.127 e. The van der Waals surface area contributed by atoms with Crippen LogP contribution in [0.2, 0.25) is 5.02 Å². The zero-order valence-electron chi connectivity index (χ0n) is 12.2. The second kappa shape index (κ2) is 6.88. The quantitative estimate of drug-likeness (QED) is 0.892. The summed E-state index contributed by atoms with van der Waals surface area (Å²) in [6.45, 7) is 6.69. The first kappa shape index (κ1) is 15.7. The Morgan fingerprint density at radius 2 is 2.05 bits per heavy atom. The Labute approximate surface area is 125 Å². The van der Waals surface area contributed by atoms with E-state index >= 15 is 0 Å². The minimum Gasteiger partial charge on any atom is -0.381 e. The number of hydrogen-bond donors (Lipinski definition) is 1. The molecule has 1 aliphatic heterocycles. The van der Waals surface area contributed by atoms with E-state index in [-0.39, 0.29) is 11.2 Å². The number of benzene rings is 1. The van der Waals surface area contributed by atoms with Crippen LogP contribution in [0, 0.1) is 11.2 Å². The maximum absolute atomic E-state index is 14.0. The Morgan fingerprint density at radius 1 is 1.35 bits per heavy atom. The lowest BCUT2D eigenvalue weighted by Crippen LogP contribution is -2.43. The summed E-state index contributed by atoms with van der Waals surface area (Å²) < 4.78 is 19.5. The zero-order chi connectivity index (χ0) is 14.6. The molecule has 0 bridgehead atoms. The van der Waals surface area contributed by atoms with Crippen molar-refractivity contribution in [2.24, 2.45) is 5.41 Å². The van der Waals surface area contributed by atoms with E-state index in [1.807, 2.05) is 6.07 Å². The first-order chi connectivity index (χ1) is 9.51. The van der Waals surface area contributed by atoms with Crippen molar-refractivity contribution in [2.45, 2.75) is 39.2 Å². The first-order valence-corrected chi connectivity index (χ1v) is 7.64. The Bertz CT molecular complexity index is 444. The van der Waals surface area contributed by atoms with E-state index in [4.69, 9.17) is 16.3 Å². The molecule has 4 heteroatoms. The number of halogens is 2. The van der Waals surface area contributed by atoms with Gasteiger partial charge >= 0.3 is 0 Å². The molecule has 0 atom stereocenters. The molecule has 1 aromatic carbocycles. The van der Waals surface area contributed by atoms with Crippen molar-refractivity contribution >= 4 is 11.6 Å². The lowest BCUT2D eigenvalue weighted by molar-refractivity contribution is 0.0137. The lowest BCUT2D eigenvalue weighted by Gasteiger charge is -2.38. The average Bonchev–Trinajstić information content (AvgIpc) is 2.41. The highest BCUT2D eigenvalue weighted by molar-refractivity contribution is 6.30. The van der Waals surface area contributed by atoms with E-state index in [1.54, 1.807) is 6.07 Å². The van der Waals surface area contributed by atoms with Gasteiger partial charge in [0.15, 0.2) is 0 Å². The molecule has 1 heterocycles. The Morgan fingerprint density at radius 3 is 2.65 bits per heavy atom. The van der Waals surface area contributed by atoms with Crippen LogP contribution < -0.4 is 5.32 Å². The second-order valence-corrected chi connectivity index (χ2v) is 6.50. The van der Waals surface area contributed by atoms with Crippen LogP contribution in [0.1, 0.15) is 32.3 Å². The van der Waals surface area contributed by atoms with E-state index in [2.05, 4.69) is 19.2 Å². The van der Waals surface area contributed by atoms with Gasteiger partial charge < -0.3 is 10.1 Å². The molecule has 1 fully saturated rings. The van der Waals surface area contributed by atoms with Gasteiger partial charge in [0.05, 0.1) is 0 Å². The van der Waals surface area contributed by atoms with Gasteiger partial charge in [0.2, 0.25) is 0 Å². The summed E-state index contributed by atoms with van der Waals surface area (Å²) in [6, 6.07) is 5.41. The highest BCUT2D eigenvalue weighted by Crippen LogP contribution is 2.35. The number of rotatable bonds is 5. The third-order valence-corrected chi connectivity index (χ3v) is 4.25. The molecule has 0 unspecified atom stereocenters. The van der Waals surface area contributed by atoms with Crippen molar-refractivity contribution in [1.82, 2.24) is 5.32 Å². The fraction of sp³-hybridized carbons (Fsp3) is 0.625.